The van der Waals surface area contributed by atoms with Crippen LogP contribution in [0.3, 0.4) is 0 Å². The molecule has 0 spiro atoms. The van der Waals surface area contributed by atoms with Crippen LogP contribution in [0.15, 0.2) is 3.79 Å². The van der Waals surface area contributed by atoms with Crippen molar-refractivity contribution < 1.29 is 9.90 Å². The molecule has 0 aliphatic carbocycles. The average Bonchev–Trinajstić information content (AvgIpc) is 2.31. The molecular formula is C5H5BrN2O2S. The summed E-state index contributed by atoms with van der Waals surface area (Å²) in [4.78, 5) is 10.1. The highest BCUT2D eigenvalue weighted by atomic mass is 79.9. The summed E-state index contributed by atoms with van der Waals surface area (Å²) in [7, 11) is 0. The quantitative estimate of drug-likeness (QED) is 0.860. The summed E-state index contributed by atoms with van der Waals surface area (Å²) in [6.07, 6.45) is 0.538. The lowest BCUT2D eigenvalue weighted by Gasteiger charge is -1.90. The first-order valence-electron chi connectivity index (χ1n) is 2.88. The lowest BCUT2D eigenvalue weighted by Crippen LogP contribution is -1.97. The zero-order valence-corrected chi connectivity index (χ0v) is 7.85. The first-order chi connectivity index (χ1) is 5.20. The van der Waals surface area contributed by atoms with Crippen LogP contribution in [0.5, 0.6) is 0 Å². The third kappa shape index (κ3) is 2.55. The fourth-order valence-electron chi connectivity index (χ4n) is 0.571. The number of nitrogens with zero attached hydrogens (tertiary/aromatic N) is 2. The van der Waals surface area contributed by atoms with E-state index in [2.05, 4.69) is 25.5 Å². The third-order valence-electron chi connectivity index (χ3n) is 1.09. The molecule has 0 bridgehead atoms. The molecule has 6 heteroatoms. The summed E-state index contributed by atoms with van der Waals surface area (Å²) in [5.74, 6) is -0.815. The Morgan fingerprint density at radius 1 is 1.73 bits per heavy atom. The van der Waals surface area contributed by atoms with E-state index >= 15 is 0 Å². The molecule has 1 N–H and O–H groups in total. The smallest absolute Gasteiger partial charge is 0.303 e. The zero-order valence-electron chi connectivity index (χ0n) is 5.45. The molecule has 0 radical (unpaired) electrons. The Balaban J connectivity index is 2.51. The van der Waals surface area contributed by atoms with Gasteiger partial charge in [0.25, 0.3) is 0 Å². The van der Waals surface area contributed by atoms with Gasteiger partial charge in [-0.1, -0.05) is 4.49 Å². The molecule has 0 atom stereocenters. The van der Waals surface area contributed by atoms with E-state index in [4.69, 9.17) is 5.11 Å². The molecule has 60 valence electrons. The van der Waals surface area contributed by atoms with Gasteiger partial charge in [0.1, 0.15) is 3.79 Å². The Labute approximate surface area is 75.5 Å². The number of carboxylic acid groups (broad SMARTS) is 1. The molecule has 0 aliphatic heterocycles. The Kier molecular flexibility index (Phi) is 2.95. The number of carboxylic acids is 1. The van der Waals surface area contributed by atoms with Crippen molar-refractivity contribution in [3.8, 4) is 0 Å². The summed E-state index contributed by atoms with van der Waals surface area (Å²) in [6, 6.07) is 0. The second-order valence-corrected chi connectivity index (χ2v) is 3.96. The van der Waals surface area contributed by atoms with Crippen molar-refractivity contribution in [2.75, 3.05) is 0 Å². The van der Waals surface area contributed by atoms with Gasteiger partial charge in [0, 0.05) is 6.42 Å². The van der Waals surface area contributed by atoms with Gasteiger partial charge in [-0.15, -0.1) is 5.10 Å². The van der Waals surface area contributed by atoms with Crippen LogP contribution in [0.25, 0.3) is 0 Å². The van der Waals surface area contributed by atoms with E-state index in [-0.39, 0.29) is 6.42 Å². The number of halogens is 1. The number of hydrogen-bond donors (Lipinski definition) is 1. The second kappa shape index (κ2) is 3.77. The van der Waals surface area contributed by atoms with E-state index in [9.17, 15) is 4.79 Å². The molecule has 1 aromatic heterocycles. The maximum atomic E-state index is 10.1. The summed E-state index contributed by atoms with van der Waals surface area (Å²) in [5.41, 5.74) is 0.720. The molecule has 11 heavy (non-hydrogen) atoms. The Morgan fingerprint density at radius 3 is 2.91 bits per heavy atom. The molecule has 0 amide bonds. The fourth-order valence-corrected chi connectivity index (χ4v) is 1.50. The standard InChI is InChI=1S/C5H5BrN2O2S/c6-5-3(7-8-11-5)1-2-4(9)10/h1-2H2,(H,9,10). The Bertz CT molecular complexity index is 263. The minimum atomic E-state index is -0.815. The predicted molar refractivity (Wildman–Crippen MR) is 43.6 cm³/mol. The van der Waals surface area contributed by atoms with Crippen molar-refractivity contribution in [2.45, 2.75) is 12.8 Å². The van der Waals surface area contributed by atoms with Gasteiger partial charge in [-0.2, -0.15) is 0 Å². The molecule has 0 saturated heterocycles. The molecule has 1 rings (SSSR count). The molecule has 1 aromatic rings. The van der Waals surface area contributed by atoms with Gasteiger partial charge in [0.05, 0.1) is 12.1 Å². The first-order valence-corrected chi connectivity index (χ1v) is 4.45. The largest absolute Gasteiger partial charge is 0.481 e. The van der Waals surface area contributed by atoms with Gasteiger partial charge in [-0.25, -0.2) is 0 Å². The van der Waals surface area contributed by atoms with Crippen molar-refractivity contribution in [1.82, 2.24) is 9.59 Å². The number of rotatable bonds is 3. The minimum Gasteiger partial charge on any atom is -0.481 e. The molecule has 0 aromatic carbocycles. The topological polar surface area (TPSA) is 63.1 Å². The van der Waals surface area contributed by atoms with Crippen LogP contribution in [-0.2, 0) is 11.2 Å². The zero-order chi connectivity index (χ0) is 8.27. The monoisotopic (exact) mass is 236 g/mol. The summed E-state index contributed by atoms with van der Waals surface area (Å²) >= 11 is 4.44. The summed E-state index contributed by atoms with van der Waals surface area (Å²) in [5, 5.41) is 12.1. The highest BCUT2D eigenvalue weighted by Gasteiger charge is 2.06. The van der Waals surface area contributed by atoms with Crippen molar-refractivity contribution in [3.05, 3.63) is 9.48 Å². The average molecular weight is 237 g/mol. The van der Waals surface area contributed by atoms with E-state index < -0.39 is 5.97 Å². The normalized spacial score (nSPS) is 9.91. The van der Waals surface area contributed by atoms with Gasteiger partial charge in [-0.05, 0) is 27.5 Å². The van der Waals surface area contributed by atoms with Crippen LogP contribution in [0.1, 0.15) is 12.1 Å². The summed E-state index contributed by atoms with van der Waals surface area (Å²) < 4.78 is 4.47. The van der Waals surface area contributed by atoms with Gasteiger partial charge in [-0.3, -0.25) is 4.79 Å². The Morgan fingerprint density at radius 2 is 2.45 bits per heavy atom. The van der Waals surface area contributed by atoms with Crippen LogP contribution < -0.4 is 0 Å². The first kappa shape index (κ1) is 8.61. The van der Waals surface area contributed by atoms with E-state index in [1.807, 2.05) is 0 Å². The predicted octanol–water partition coefficient (Wildman–Crippen LogP) is 1.32. The number of aliphatic carboxylic acids is 1. The molecule has 4 nitrogen and oxygen atoms in total. The molecule has 0 saturated carbocycles. The van der Waals surface area contributed by atoms with Crippen LogP contribution in [0, 0.1) is 0 Å². The maximum Gasteiger partial charge on any atom is 0.303 e. The van der Waals surface area contributed by atoms with E-state index in [0.717, 1.165) is 9.48 Å². The van der Waals surface area contributed by atoms with Crippen molar-refractivity contribution >= 4 is 33.4 Å². The SMILES string of the molecule is O=C(O)CCc1nnsc1Br. The number of carbonyl (C=O) groups is 1. The number of aromatic nitrogens is 2. The van der Waals surface area contributed by atoms with Crippen molar-refractivity contribution in [3.63, 3.8) is 0 Å². The van der Waals surface area contributed by atoms with E-state index in [1.165, 1.54) is 11.5 Å². The summed E-state index contributed by atoms with van der Waals surface area (Å²) in [6.45, 7) is 0. The Hall–Kier alpha value is -0.490. The second-order valence-electron chi connectivity index (χ2n) is 1.89. The van der Waals surface area contributed by atoms with Gasteiger partial charge in [0.2, 0.25) is 0 Å². The highest BCUT2D eigenvalue weighted by molar-refractivity contribution is 9.11. The molecule has 0 unspecified atom stereocenters. The molecule has 0 fully saturated rings. The minimum absolute atomic E-state index is 0.101. The lowest BCUT2D eigenvalue weighted by molar-refractivity contribution is -0.136. The molecule has 0 aliphatic rings. The molecular weight excluding hydrogens is 232 g/mol. The van der Waals surface area contributed by atoms with Gasteiger partial charge < -0.3 is 5.11 Å². The highest BCUT2D eigenvalue weighted by Crippen LogP contribution is 2.19. The third-order valence-corrected chi connectivity index (χ3v) is 2.54. The van der Waals surface area contributed by atoms with Crippen molar-refractivity contribution in [1.29, 1.82) is 0 Å². The molecule has 1 heterocycles. The van der Waals surface area contributed by atoms with Gasteiger partial charge in [0.15, 0.2) is 0 Å². The van der Waals surface area contributed by atoms with E-state index in [1.54, 1.807) is 0 Å². The van der Waals surface area contributed by atoms with E-state index in [0.29, 0.717) is 6.42 Å². The fraction of sp³-hybridized carbons (Fsp3) is 0.400. The van der Waals surface area contributed by atoms with Crippen LogP contribution in [-0.4, -0.2) is 20.7 Å². The van der Waals surface area contributed by atoms with Crippen LogP contribution >= 0.6 is 27.5 Å². The maximum absolute atomic E-state index is 10.1. The van der Waals surface area contributed by atoms with Crippen molar-refractivity contribution in [2.24, 2.45) is 0 Å². The van der Waals surface area contributed by atoms with Crippen LogP contribution in [0.4, 0.5) is 0 Å². The number of aryl methyl sites for hydroxylation is 1. The van der Waals surface area contributed by atoms with Gasteiger partial charge >= 0.3 is 5.97 Å². The number of hydrogen-bond acceptors (Lipinski definition) is 4. The lowest BCUT2D eigenvalue weighted by atomic mass is 10.3. The van der Waals surface area contributed by atoms with Crippen LogP contribution in [0.2, 0.25) is 0 Å².